The van der Waals surface area contributed by atoms with E-state index in [1.807, 2.05) is 6.92 Å². The molecule has 2 fully saturated rings. The minimum Gasteiger partial charge on any atom is -0.367 e. The zero-order valence-electron chi connectivity index (χ0n) is 19.7. The summed E-state index contributed by atoms with van der Waals surface area (Å²) >= 11 is 0. The highest BCUT2D eigenvalue weighted by Gasteiger charge is 2.38. The maximum atomic E-state index is 13.4. The summed E-state index contributed by atoms with van der Waals surface area (Å²) in [7, 11) is 2.22. The van der Waals surface area contributed by atoms with Crippen LogP contribution in [0.3, 0.4) is 0 Å². The monoisotopic (exact) mass is 469 g/mol. The highest BCUT2D eigenvalue weighted by atomic mass is 19.4. The Balaban J connectivity index is 1.46. The molecule has 0 spiro atoms. The van der Waals surface area contributed by atoms with Gasteiger partial charge in [0.25, 0.3) is 0 Å². The lowest BCUT2D eigenvalue weighted by Gasteiger charge is -2.38. The van der Waals surface area contributed by atoms with Gasteiger partial charge in [-0.1, -0.05) is 18.2 Å². The predicted molar refractivity (Wildman–Crippen MR) is 129 cm³/mol. The van der Waals surface area contributed by atoms with Crippen molar-refractivity contribution < 1.29 is 13.2 Å². The van der Waals surface area contributed by atoms with Crippen molar-refractivity contribution in [2.45, 2.75) is 57.4 Å². The average Bonchev–Trinajstić information content (AvgIpc) is 3.24. The van der Waals surface area contributed by atoms with Crippen molar-refractivity contribution in [1.82, 2.24) is 15.1 Å². The third-order valence-electron chi connectivity index (χ3n) is 7.57. The van der Waals surface area contributed by atoms with Crippen molar-refractivity contribution in [3.8, 4) is 0 Å². The third kappa shape index (κ3) is 4.08. The largest absolute Gasteiger partial charge is 0.416 e. The van der Waals surface area contributed by atoms with Crippen molar-refractivity contribution in [3.05, 3.63) is 59.3 Å². The molecule has 0 saturated carbocycles. The van der Waals surface area contributed by atoms with Crippen LogP contribution >= 0.6 is 0 Å². The topological polar surface area (TPSA) is 44.3 Å². The lowest BCUT2D eigenvalue weighted by atomic mass is 9.97. The van der Waals surface area contributed by atoms with E-state index in [9.17, 15) is 13.2 Å². The van der Waals surface area contributed by atoms with Crippen LogP contribution in [0.2, 0.25) is 0 Å². The lowest BCUT2D eigenvalue weighted by molar-refractivity contribution is -0.138. The zero-order valence-corrected chi connectivity index (χ0v) is 19.7. The smallest absolute Gasteiger partial charge is 0.367 e. The Hall–Kier alpha value is -2.87. The highest BCUT2D eigenvalue weighted by Crippen LogP contribution is 2.37. The summed E-state index contributed by atoms with van der Waals surface area (Å²) in [5.74, 6) is 0.583. The summed E-state index contributed by atoms with van der Waals surface area (Å²) < 4.78 is 40.2. The fraction of sp³-hybridized carbons (Fsp3) is 0.462. The molecule has 1 N–H and O–H groups in total. The number of piperidine rings is 1. The Morgan fingerprint density at radius 1 is 1.09 bits per heavy atom. The van der Waals surface area contributed by atoms with Gasteiger partial charge >= 0.3 is 6.18 Å². The lowest BCUT2D eigenvalue weighted by Crippen LogP contribution is -2.47. The van der Waals surface area contributed by atoms with Crippen LogP contribution in [0.15, 0.2) is 42.6 Å². The van der Waals surface area contributed by atoms with E-state index in [0.717, 1.165) is 42.0 Å². The Morgan fingerprint density at radius 3 is 2.71 bits per heavy atom. The first-order valence-corrected chi connectivity index (χ1v) is 11.9. The summed E-state index contributed by atoms with van der Waals surface area (Å²) in [5, 5.41) is 13.7. The van der Waals surface area contributed by atoms with Crippen LogP contribution in [0.1, 0.15) is 48.9 Å². The van der Waals surface area contributed by atoms with Gasteiger partial charge in [0, 0.05) is 35.1 Å². The van der Waals surface area contributed by atoms with E-state index in [1.54, 1.807) is 12.3 Å². The molecule has 5 rings (SSSR count). The number of nitrogens with one attached hydrogen (secondary N) is 1. The number of hydrogen-bond acceptors (Lipinski definition) is 5. The Morgan fingerprint density at radius 2 is 1.91 bits per heavy atom. The second-order valence-electron chi connectivity index (χ2n) is 9.59. The molecule has 3 atom stereocenters. The molecule has 0 bridgehead atoms. The van der Waals surface area contributed by atoms with Gasteiger partial charge in [-0.2, -0.15) is 18.3 Å². The number of hydrogen-bond donors (Lipinski definition) is 1. The predicted octanol–water partition coefficient (Wildman–Crippen LogP) is 5.80. The van der Waals surface area contributed by atoms with Crippen molar-refractivity contribution >= 4 is 22.3 Å². The number of rotatable bonds is 4. The molecule has 2 unspecified atom stereocenters. The normalized spacial score (nSPS) is 22.1. The number of fused-ring (bicyclic) bond motifs is 2. The fourth-order valence-electron chi connectivity index (χ4n) is 5.80. The first kappa shape index (κ1) is 22.9. The molecule has 5 nitrogen and oxygen atoms in total. The van der Waals surface area contributed by atoms with Crippen LogP contribution in [0.5, 0.6) is 0 Å². The van der Waals surface area contributed by atoms with Gasteiger partial charge in [-0.3, -0.25) is 0 Å². The van der Waals surface area contributed by atoms with Crippen molar-refractivity contribution in [2.75, 3.05) is 30.4 Å². The van der Waals surface area contributed by atoms with Gasteiger partial charge in [0.2, 0.25) is 0 Å². The molecule has 34 heavy (non-hydrogen) atoms. The third-order valence-corrected chi connectivity index (χ3v) is 7.57. The molecule has 2 aromatic carbocycles. The van der Waals surface area contributed by atoms with Gasteiger partial charge in [0.05, 0.1) is 17.8 Å². The van der Waals surface area contributed by atoms with Gasteiger partial charge < -0.3 is 15.1 Å². The molecule has 2 saturated heterocycles. The van der Waals surface area contributed by atoms with Gasteiger partial charge in [-0.05, 0) is 76.0 Å². The molecule has 1 aromatic heterocycles. The molecule has 3 aromatic rings. The maximum Gasteiger partial charge on any atom is 0.416 e. The SMILES string of the molecule is Cc1c([C@@H](C)Nc2nncc3ccc(N4CCC5C4CCCN5C)cc23)cccc1C(F)(F)F. The number of likely N-dealkylation sites (tertiary alicyclic amines) is 1. The van der Waals surface area contributed by atoms with Gasteiger partial charge in [-0.15, -0.1) is 5.10 Å². The van der Waals surface area contributed by atoms with Gasteiger partial charge in [0.15, 0.2) is 5.82 Å². The van der Waals surface area contributed by atoms with Crippen LogP contribution in [-0.2, 0) is 6.18 Å². The van der Waals surface area contributed by atoms with Crippen molar-refractivity contribution in [3.63, 3.8) is 0 Å². The summed E-state index contributed by atoms with van der Waals surface area (Å²) in [6.45, 7) is 5.56. The minimum absolute atomic E-state index is 0.230. The number of benzene rings is 2. The molecule has 3 heterocycles. The van der Waals surface area contributed by atoms with Gasteiger partial charge in [0.1, 0.15) is 0 Å². The second kappa shape index (κ2) is 8.73. The van der Waals surface area contributed by atoms with E-state index in [1.165, 1.54) is 25.8 Å². The number of nitrogens with zero attached hydrogens (tertiary/aromatic N) is 4. The van der Waals surface area contributed by atoms with E-state index in [2.05, 4.69) is 50.6 Å². The first-order valence-electron chi connectivity index (χ1n) is 11.9. The van der Waals surface area contributed by atoms with Crippen LogP contribution in [0.25, 0.3) is 10.8 Å². The Labute approximate surface area is 198 Å². The number of halogens is 3. The fourth-order valence-corrected chi connectivity index (χ4v) is 5.80. The number of aromatic nitrogens is 2. The number of anilines is 2. The van der Waals surface area contributed by atoms with E-state index in [4.69, 9.17) is 0 Å². The standard InChI is InChI=1S/C26H30F3N5/c1-16-20(6-4-7-22(16)26(27,28)29)17(2)31-25-21-14-19(10-9-18(21)15-30-32-25)34-13-11-23-24(34)8-5-12-33(23)3/h4,6-7,9-10,14-15,17,23-24H,5,8,11-13H2,1-3H3,(H,31,32)/t17-,23?,24?/m1/s1. The van der Waals surface area contributed by atoms with Crippen LogP contribution < -0.4 is 10.2 Å². The Bertz CT molecular complexity index is 1190. The summed E-state index contributed by atoms with van der Waals surface area (Å²) in [6.07, 6.45) is 0.900. The van der Waals surface area contributed by atoms with Crippen molar-refractivity contribution in [2.24, 2.45) is 0 Å². The molecule has 2 aliphatic rings. The number of alkyl halides is 3. The highest BCUT2D eigenvalue weighted by molar-refractivity contribution is 5.93. The van der Waals surface area contributed by atoms with E-state index in [0.29, 0.717) is 23.5 Å². The molecule has 0 aliphatic carbocycles. The molecule has 2 aliphatic heterocycles. The quantitative estimate of drug-likeness (QED) is 0.523. The average molecular weight is 470 g/mol. The molecule has 8 heteroatoms. The maximum absolute atomic E-state index is 13.4. The molecular weight excluding hydrogens is 439 g/mol. The Kier molecular flexibility index (Phi) is 5.88. The van der Waals surface area contributed by atoms with E-state index >= 15 is 0 Å². The summed E-state index contributed by atoms with van der Waals surface area (Å²) in [6, 6.07) is 11.4. The molecular formula is C26H30F3N5. The van der Waals surface area contributed by atoms with Crippen molar-refractivity contribution in [1.29, 1.82) is 0 Å². The molecule has 0 radical (unpaired) electrons. The molecule has 0 amide bonds. The zero-order chi connectivity index (χ0) is 24.0. The minimum atomic E-state index is -4.38. The van der Waals surface area contributed by atoms with E-state index in [-0.39, 0.29) is 11.6 Å². The van der Waals surface area contributed by atoms with Crippen LogP contribution in [-0.4, -0.2) is 47.3 Å². The van der Waals surface area contributed by atoms with Crippen LogP contribution in [0, 0.1) is 6.92 Å². The van der Waals surface area contributed by atoms with Crippen LogP contribution in [0.4, 0.5) is 24.7 Å². The van der Waals surface area contributed by atoms with E-state index < -0.39 is 11.7 Å². The summed E-state index contributed by atoms with van der Waals surface area (Å²) in [5.41, 5.74) is 1.38. The number of likely N-dealkylation sites (N-methyl/N-ethyl adjacent to an activating group) is 1. The first-order chi connectivity index (χ1) is 16.2. The summed E-state index contributed by atoms with van der Waals surface area (Å²) in [4.78, 5) is 4.98. The molecule has 180 valence electrons. The second-order valence-corrected chi connectivity index (χ2v) is 9.59. The van der Waals surface area contributed by atoms with Gasteiger partial charge in [-0.25, -0.2) is 0 Å².